The van der Waals surface area contributed by atoms with Crippen molar-refractivity contribution in [2.45, 2.75) is 0 Å². The fourth-order valence-electron chi connectivity index (χ4n) is 7.11. The second kappa shape index (κ2) is 11.0. The van der Waals surface area contributed by atoms with Gasteiger partial charge in [-0.1, -0.05) is 97.1 Å². The standard InChI is InChI=1S/C45H28N2O2/c1-3-10-31(11-4-1)45-46-40-25-22-30-20-18-29-19-21-33(27-39(29)43(30)44(40)49-45)32-12-9-15-35(26-32)47(34-13-5-2-6-14-34)36-23-24-38-37-16-7-8-17-41(37)48-42(38)28-36/h1-28H. The van der Waals surface area contributed by atoms with E-state index in [1.807, 2.05) is 54.6 Å². The Bertz CT molecular complexity index is 2830. The summed E-state index contributed by atoms with van der Waals surface area (Å²) in [6.45, 7) is 0. The summed E-state index contributed by atoms with van der Waals surface area (Å²) in [5, 5.41) is 6.73. The van der Waals surface area contributed by atoms with E-state index in [4.69, 9.17) is 13.8 Å². The van der Waals surface area contributed by atoms with Crippen molar-refractivity contribution in [3.05, 3.63) is 170 Å². The van der Waals surface area contributed by atoms with Crippen LogP contribution < -0.4 is 4.90 Å². The van der Waals surface area contributed by atoms with Crippen molar-refractivity contribution in [3.63, 3.8) is 0 Å². The average molecular weight is 629 g/mol. The molecule has 49 heavy (non-hydrogen) atoms. The van der Waals surface area contributed by atoms with Crippen LogP contribution in [0, 0.1) is 0 Å². The first kappa shape index (κ1) is 27.5. The summed E-state index contributed by atoms with van der Waals surface area (Å²) in [6, 6.07) is 59.2. The van der Waals surface area contributed by atoms with Gasteiger partial charge in [-0.05, 0) is 94.0 Å². The third-order valence-corrected chi connectivity index (χ3v) is 9.45. The summed E-state index contributed by atoms with van der Waals surface area (Å²) < 4.78 is 12.8. The molecule has 10 rings (SSSR count). The molecular weight excluding hydrogens is 601 g/mol. The van der Waals surface area contributed by atoms with E-state index >= 15 is 0 Å². The topological polar surface area (TPSA) is 42.4 Å². The largest absolute Gasteiger partial charge is 0.456 e. The Labute approximate surface area is 282 Å². The molecule has 0 N–H and O–H groups in total. The van der Waals surface area contributed by atoms with E-state index in [1.165, 1.54) is 0 Å². The molecule has 0 aliphatic carbocycles. The molecule has 0 radical (unpaired) electrons. The van der Waals surface area contributed by atoms with E-state index in [-0.39, 0.29) is 0 Å². The average Bonchev–Trinajstić information content (AvgIpc) is 3.77. The third kappa shape index (κ3) is 4.57. The minimum atomic E-state index is 0.630. The highest BCUT2D eigenvalue weighted by Gasteiger charge is 2.17. The zero-order chi connectivity index (χ0) is 32.3. The first-order valence-corrected chi connectivity index (χ1v) is 16.5. The van der Waals surface area contributed by atoms with Gasteiger partial charge in [0, 0.05) is 44.9 Å². The molecule has 0 fully saturated rings. The number of nitrogens with zero attached hydrogens (tertiary/aromatic N) is 2. The van der Waals surface area contributed by atoms with E-state index in [9.17, 15) is 0 Å². The van der Waals surface area contributed by atoms with E-state index in [0.29, 0.717) is 5.89 Å². The van der Waals surface area contributed by atoms with Gasteiger partial charge in [-0.15, -0.1) is 0 Å². The molecular formula is C45H28N2O2. The number of para-hydroxylation sites is 2. The molecule has 0 amide bonds. The normalized spacial score (nSPS) is 11.7. The fourth-order valence-corrected chi connectivity index (χ4v) is 7.11. The minimum absolute atomic E-state index is 0.630. The van der Waals surface area contributed by atoms with E-state index < -0.39 is 0 Å². The predicted molar refractivity (Wildman–Crippen MR) is 202 cm³/mol. The highest BCUT2D eigenvalue weighted by atomic mass is 16.3. The summed E-state index contributed by atoms with van der Waals surface area (Å²) in [4.78, 5) is 7.15. The van der Waals surface area contributed by atoms with Gasteiger partial charge in [0.15, 0.2) is 5.58 Å². The van der Waals surface area contributed by atoms with Crippen molar-refractivity contribution in [1.29, 1.82) is 0 Å². The number of furan rings is 1. The number of benzene rings is 8. The van der Waals surface area contributed by atoms with Crippen LogP contribution in [0.1, 0.15) is 0 Å². The minimum Gasteiger partial charge on any atom is -0.456 e. The molecule has 2 aromatic heterocycles. The van der Waals surface area contributed by atoms with Crippen molar-refractivity contribution in [2.24, 2.45) is 0 Å². The Balaban J connectivity index is 1.12. The van der Waals surface area contributed by atoms with Crippen LogP contribution in [0.3, 0.4) is 0 Å². The van der Waals surface area contributed by atoms with Crippen LogP contribution in [0.2, 0.25) is 0 Å². The molecule has 0 spiro atoms. The first-order valence-electron chi connectivity index (χ1n) is 16.5. The number of aromatic nitrogens is 1. The van der Waals surface area contributed by atoms with Crippen LogP contribution in [-0.2, 0) is 0 Å². The molecule has 4 heteroatoms. The van der Waals surface area contributed by atoms with Gasteiger partial charge >= 0.3 is 0 Å². The van der Waals surface area contributed by atoms with Gasteiger partial charge in [-0.2, -0.15) is 0 Å². The molecule has 0 bridgehead atoms. The van der Waals surface area contributed by atoms with Crippen LogP contribution in [0.5, 0.6) is 0 Å². The van der Waals surface area contributed by atoms with Crippen molar-refractivity contribution in [2.75, 3.05) is 4.90 Å². The molecule has 4 nitrogen and oxygen atoms in total. The zero-order valence-electron chi connectivity index (χ0n) is 26.4. The summed E-state index contributed by atoms with van der Waals surface area (Å²) in [6.07, 6.45) is 0. The maximum Gasteiger partial charge on any atom is 0.227 e. The molecule has 0 unspecified atom stereocenters. The van der Waals surface area contributed by atoms with Gasteiger partial charge in [0.05, 0.1) is 0 Å². The van der Waals surface area contributed by atoms with Gasteiger partial charge in [0.25, 0.3) is 0 Å². The number of oxazole rings is 1. The molecule has 0 saturated carbocycles. The van der Waals surface area contributed by atoms with E-state index in [2.05, 4.69) is 120 Å². The SMILES string of the molecule is c1ccc(-c2nc3ccc4ccc5ccc(-c6cccc(N(c7ccccc7)c7ccc8c(c7)oc7ccccc78)c6)cc5c4c3o2)cc1. The predicted octanol–water partition coefficient (Wildman–Crippen LogP) is 12.8. The number of rotatable bonds is 5. The van der Waals surface area contributed by atoms with E-state index in [1.54, 1.807) is 0 Å². The maximum atomic E-state index is 6.49. The lowest BCUT2D eigenvalue weighted by atomic mass is 9.96. The lowest BCUT2D eigenvalue weighted by Crippen LogP contribution is -2.09. The Morgan fingerprint density at radius 2 is 1.08 bits per heavy atom. The van der Waals surface area contributed by atoms with E-state index in [0.717, 1.165) is 88.3 Å². The van der Waals surface area contributed by atoms with Crippen LogP contribution in [0.25, 0.3) is 77.2 Å². The lowest BCUT2D eigenvalue weighted by Gasteiger charge is -2.26. The smallest absolute Gasteiger partial charge is 0.227 e. The number of anilines is 3. The van der Waals surface area contributed by atoms with Gasteiger partial charge < -0.3 is 13.7 Å². The molecule has 0 aliphatic rings. The molecule has 10 aromatic rings. The number of hydrogen-bond donors (Lipinski definition) is 0. The van der Waals surface area contributed by atoms with Crippen LogP contribution in [0.4, 0.5) is 17.1 Å². The van der Waals surface area contributed by atoms with Gasteiger partial charge in [-0.25, -0.2) is 4.98 Å². The van der Waals surface area contributed by atoms with Crippen molar-refractivity contribution >= 4 is 71.6 Å². The second-order valence-corrected chi connectivity index (χ2v) is 12.4. The Kier molecular flexibility index (Phi) is 6.15. The molecule has 0 saturated heterocycles. The van der Waals surface area contributed by atoms with Gasteiger partial charge in [0.1, 0.15) is 16.7 Å². The Hall–Kier alpha value is -6.65. The summed E-state index contributed by atoms with van der Waals surface area (Å²) >= 11 is 0. The monoisotopic (exact) mass is 628 g/mol. The van der Waals surface area contributed by atoms with Crippen molar-refractivity contribution in [3.8, 4) is 22.6 Å². The molecule has 2 heterocycles. The third-order valence-electron chi connectivity index (χ3n) is 9.45. The van der Waals surface area contributed by atoms with Crippen molar-refractivity contribution < 1.29 is 8.83 Å². The van der Waals surface area contributed by atoms with Gasteiger partial charge in [-0.3, -0.25) is 0 Å². The molecule has 8 aromatic carbocycles. The molecule has 0 atom stereocenters. The first-order chi connectivity index (χ1) is 24.3. The second-order valence-electron chi connectivity index (χ2n) is 12.4. The quantitative estimate of drug-likeness (QED) is 0.178. The van der Waals surface area contributed by atoms with Crippen LogP contribution in [0.15, 0.2) is 179 Å². The highest BCUT2D eigenvalue weighted by molar-refractivity contribution is 6.18. The number of fused-ring (bicyclic) bond motifs is 8. The van der Waals surface area contributed by atoms with Crippen molar-refractivity contribution in [1.82, 2.24) is 4.98 Å². The van der Waals surface area contributed by atoms with Crippen LogP contribution in [-0.4, -0.2) is 4.98 Å². The number of hydrogen-bond acceptors (Lipinski definition) is 4. The fraction of sp³-hybridized carbons (Fsp3) is 0. The zero-order valence-corrected chi connectivity index (χ0v) is 26.4. The summed E-state index contributed by atoms with van der Waals surface area (Å²) in [5.41, 5.74) is 9.80. The van der Waals surface area contributed by atoms with Crippen LogP contribution >= 0.6 is 0 Å². The molecule has 0 aliphatic heterocycles. The Morgan fingerprint density at radius 3 is 1.98 bits per heavy atom. The summed E-state index contributed by atoms with van der Waals surface area (Å²) in [5.74, 6) is 0.630. The Morgan fingerprint density at radius 1 is 0.408 bits per heavy atom. The van der Waals surface area contributed by atoms with Gasteiger partial charge in [0.2, 0.25) is 5.89 Å². The highest BCUT2D eigenvalue weighted by Crippen LogP contribution is 2.41. The summed E-state index contributed by atoms with van der Waals surface area (Å²) in [7, 11) is 0. The maximum absolute atomic E-state index is 6.49. The molecule has 230 valence electrons. The lowest BCUT2D eigenvalue weighted by molar-refractivity contribution is 0.623.